The van der Waals surface area contributed by atoms with Crippen molar-refractivity contribution in [1.29, 1.82) is 0 Å². The number of ether oxygens (including phenoxy) is 1. The van der Waals surface area contributed by atoms with E-state index in [9.17, 15) is 14.5 Å². The van der Waals surface area contributed by atoms with Gasteiger partial charge in [-0.25, -0.2) is 0 Å². The molecule has 9 heteroatoms. The Morgan fingerprint density at radius 2 is 2.21 bits per heavy atom. The van der Waals surface area contributed by atoms with Crippen LogP contribution in [-0.2, 0) is 0 Å². The first-order chi connectivity index (χ1) is 9.01. The molecule has 0 fully saturated rings. The first-order valence-electron chi connectivity index (χ1n) is 5.01. The molecule has 0 atom stereocenters. The predicted octanol–water partition coefficient (Wildman–Crippen LogP) is 3.05. The highest BCUT2D eigenvalue weighted by Crippen LogP contribution is 2.39. The number of rotatable bonds is 4. The standard InChI is InChI=1S/C10H8FN3O3S2/c1-5-12-13-10(18-5)19-8-4-6(17-2)3-7(11)9(8)14(15)16/h3-4H,1-2H3. The van der Waals surface area contributed by atoms with Gasteiger partial charge in [-0.15, -0.1) is 10.2 Å². The molecule has 2 rings (SSSR count). The Hall–Kier alpha value is -1.74. The van der Waals surface area contributed by atoms with Crippen LogP contribution in [0.2, 0.25) is 0 Å². The van der Waals surface area contributed by atoms with Crippen LogP contribution < -0.4 is 4.74 Å². The number of nitro benzene ring substituents is 1. The Bertz CT molecular complexity index is 632. The van der Waals surface area contributed by atoms with E-state index < -0.39 is 16.4 Å². The van der Waals surface area contributed by atoms with E-state index in [1.807, 2.05) is 0 Å². The SMILES string of the molecule is COc1cc(F)c([N+](=O)[O-])c(Sc2nnc(C)s2)c1. The summed E-state index contributed by atoms with van der Waals surface area (Å²) in [6.45, 7) is 1.77. The van der Waals surface area contributed by atoms with Crippen LogP contribution in [-0.4, -0.2) is 22.2 Å². The molecule has 19 heavy (non-hydrogen) atoms. The van der Waals surface area contributed by atoms with Gasteiger partial charge >= 0.3 is 5.69 Å². The van der Waals surface area contributed by atoms with Gasteiger partial charge in [-0.05, 0) is 18.7 Å². The molecule has 0 N–H and O–H groups in total. The lowest BCUT2D eigenvalue weighted by Gasteiger charge is -2.05. The molecule has 6 nitrogen and oxygen atoms in total. The fourth-order valence-corrected chi connectivity index (χ4v) is 3.26. The quantitative estimate of drug-likeness (QED) is 0.638. The Morgan fingerprint density at radius 3 is 2.74 bits per heavy atom. The van der Waals surface area contributed by atoms with Crippen molar-refractivity contribution in [2.45, 2.75) is 16.2 Å². The van der Waals surface area contributed by atoms with Crippen molar-refractivity contribution in [3.63, 3.8) is 0 Å². The van der Waals surface area contributed by atoms with Crippen LogP contribution in [0.15, 0.2) is 21.4 Å². The average molecular weight is 301 g/mol. The van der Waals surface area contributed by atoms with Gasteiger partial charge in [0.2, 0.25) is 5.82 Å². The highest BCUT2D eigenvalue weighted by molar-refractivity contribution is 8.01. The summed E-state index contributed by atoms with van der Waals surface area (Å²) in [7, 11) is 1.37. The topological polar surface area (TPSA) is 78.2 Å². The zero-order chi connectivity index (χ0) is 14.0. The average Bonchev–Trinajstić information content (AvgIpc) is 2.73. The molecule has 1 aromatic heterocycles. The molecule has 100 valence electrons. The number of methoxy groups -OCH3 is 1. The Kier molecular flexibility index (Phi) is 3.96. The second-order valence-electron chi connectivity index (χ2n) is 3.40. The van der Waals surface area contributed by atoms with Gasteiger partial charge in [0.1, 0.15) is 10.8 Å². The predicted molar refractivity (Wildman–Crippen MR) is 68.4 cm³/mol. The largest absolute Gasteiger partial charge is 0.497 e. The van der Waals surface area contributed by atoms with Crippen LogP contribution in [0.3, 0.4) is 0 Å². The molecule has 0 spiro atoms. The Labute approximate surface area is 115 Å². The minimum atomic E-state index is -0.937. The molecule has 2 aromatic rings. The van der Waals surface area contributed by atoms with E-state index in [1.54, 1.807) is 6.92 Å². The summed E-state index contributed by atoms with van der Waals surface area (Å²) in [6, 6.07) is 2.39. The minimum Gasteiger partial charge on any atom is -0.497 e. The first kappa shape index (κ1) is 13.7. The van der Waals surface area contributed by atoms with E-state index in [1.165, 1.54) is 24.5 Å². The van der Waals surface area contributed by atoms with Crippen LogP contribution in [0.5, 0.6) is 5.75 Å². The van der Waals surface area contributed by atoms with Crippen LogP contribution in [0.25, 0.3) is 0 Å². The molecule has 0 radical (unpaired) electrons. The molecule has 0 aliphatic rings. The van der Waals surface area contributed by atoms with Gasteiger partial charge in [0.15, 0.2) is 4.34 Å². The van der Waals surface area contributed by atoms with Crippen molar-refractivity contribution < 1.29 is 14.1 Å². The maximum atomic E-state index is 13.7. The van der Waals surface area contributed by atoms with Gasteiger partial charge in [0, 0.05) is 12.1 Å². The fourth-order valence-electron chi connectivity index (χ4n) is 1.34. The molecule has 0 aliphatic heterocycles. The van der Waals surface area contributed by atoms with Gasteiger partial charge in [0.25, 0.3) is 0 Å². The third-order valence-electron chi connectivity index (χ3n) is 2.12. The molecule has 1 aromatic carbocycles. The fraction of sp³-hybridized carbons (Fsp3) is 0.200. The number of aryl methyl sites for hydroxylation is 1. The second-order valence-corrected chi connectivity index (χ2v) is 5.87. The molecule has 0 unspecified atom stereocenters. The van der Waals surface area contributed by atoms with E-state index in [0.29, 0.717) is 4.34 Å². The molecular formula is C10H8FN3O3S2. The van der Waals surface area contributed by atoms with E-state index in [-0.39, 0.29) is 10.6 Å². The van der Waals surface area contributed by atoms with Crippen LogP contribution in [0.1, 0.15) is 5.01 Å². The molecule has 0 saturated heterocycles. The van der Waals surface area contributed by atoms with Crippen molar-refractivity contribution in [2.24, 2.45) is 0 Å². The van der Waals surface area contributed by atoms with E-state index in [2.05, 4.69) is 10.2 Å². The number of halogens is 1. The van der Waals surface area contributed by atoms with Crippen molar-refractivity contribution in [3.8, 4) is 5.75 Å². The second kappa shape index (κ2) is 5.49. The van der Waals surface area contributed by atoms with E-state index in [0.717, 1.165) is 22.8 Å². The maximum Gasteiger partial charge on any atom is 0.318 e. The maximum absolute atomic E-state index is 13.7. The molecule has 1 heterocycles. The van der Waals surface area contributed by atoms with Gasteiger partial charge in [0.05, 0.1) is 16.9 Å². The summed E-state index contributed by atoms with van der Waals surface area (Å²) < 4.78 is 19.1. The number of nitrogens with zero attached hydrogens (tertiary/aromatic N) is 3. The number of hydrogen-bond donors (Lipinski definition) is 0. The zero-order valence-electron chi connectivity index (χ0n) is 9.92. The summed E-state index contributed by atoms with van der Waals surface area (Å²) in [4.78, 5) is 10.3. The Morgan fingerprint density at radius 1 is 1.47 bits per heavy atom. The van der Waals surface area contributed by atoms with Crippen molar-refractivity contribution in [1.82, 2.24) is 10.2 Å². The van der Waals surface area contributed by atoms with Crippen LogP contribution >= 0.6 is 23.1 Å². The third kappa shape index (κ3) is 2.99. The molecule has 0 amide bonds. The van der Waals surface area contributed by atoms with E-state index in [4.69, 9.17) is 4.74 Å². The van der Waals surface area contributed by atoms with Gasteiger partial charge in [-0.2, -0.15) is 4.39 Å². The minimum absolute atomic E-state index is 0.137. The normalized spacial score (nSPS) is 10.5. The van der Waals surface area contributed by atoms with Crippen LogP contribution in [0, 0.1) is 22.9 Å². The lowest BCUT2D eigenvalue weighted by Crippen LogP contribution is -1.96. The van der Waals surface area contributed by atoms with Crippen molar-refractivity contribution in [3.05, 3.63) is 33.1 Å². The van der Waals surface area contributed by atoms with Crippen molar-refractivity contribution >= 4 is 28.8 Å². The molecule has 0 bridgehead atoms. The molecule has 0 aliphatic carbocycles. The number of benzene rings is 1. The summed E-state index contributed by atoms with van der Waals surface area (Å²) in [6.07, 6.45) is 0. The zero-order valence-corrected chi connectivity index (χ0v) is 11.5. The Balaban J connectivity index is 2.47. The number of nitro groups is 1. The van der Waals surface area contributed by atoms with Gasteiger partial charge in [-0.3, -0.25) is 10.1 Å². The summed E-state index contributed by atoms with van der Waals surface area (Å²) in [5, 5.41) is 19.3. The third-order valence-corrected chi connectivity index (χ3v) is 4.05. The van der Waals surface area contributed by atoms with Gasteiger partial charge in [-0.1, -0.05) is 11.3 Å². The lowest BCUT2D eigenvalue weighted by atomic mass is 10.3. The first-order valence-corrected chi connectivity index (χ1v) is 6.64. The monoisotopic (exact) mass is 301 g/mol. The smallest absolute Gasteiger partial charge is 0.318 e. The van der Waals surface area contributed by atoms with Gasteiger partial charge < -0.3 is 4.74 Å². The summed E-state index contributed by atoms with van der Waals surface area (Å²) in [5.41, 5.74) is -0.585. The highest BCUT2D eigenvalue weighted by atomic mass is 32.2. The summed E-state index contributed by atoms with van der Waals surface area (Å²) in [5.74, 6) is -0.722. The van der Waals surface area contributed by atoms with Crippen molar-refractivity contribution in [2.75, 3.05) is 7.11 Å². The number of aromatic nitrogens is 2. The summed E-state index contributed by atoms with van der Waals surface area (Å²) >= 11 is 2.27. The highest BCUT2D eigenvalue weighted by Gasteiger charge is 2.23. The molecule has 0 saturated carbocycles. The molecular weight excluding hydrogens is 293 g/mol. The lowest BCUT2D eigenvalue weighted by molar-refractivity contribution is -0.390. The van der Waals surface area contributed by atoms with Crippen LogP contribution in [0.4, 0.5) is 10.1 Å². The number of hydrogen-bond acceptors (Lipinski definition) is 7. The van der Waals surface area contributed by atoms with E-state index >= 15 is 0 Å².